The SMILES string of the molecule is NC(=S)c1c(F)cccc1Nc1cccc2ncccc12. The fourth-order valence-corrected chi connectivity index (χ4v) is 2.44. The van der Waals surface area contributed by atoms with Crippen molar-refractivity contribution in [3.63, 3.8) is 0 Å². The molecule has 0 bridgehead atoms. The normalized spacial score (nSPS) is 10.5. The number of nitrogens with zero attached hydrogens (tertiary/aromatic N) is 1. The highest BCUT2D eigenvalue weighted by Gasteiger charge is 2.12. The van der Waals surface area contributed by atoms with Crippen molar-refractivity contribution in [2.24, 2.45) is 5.73 Å². The molecule has 0 spiro atoms. The first-order valence-corrected chi connectivity index (χ1v) is 6.77. The smallest absolute Gasteiger partial charge is 0.135 e. The van der Waals surface area contributed by atoms with Gasteiger partial charge in [0.25, 0.3) is 0 Å². The summed E-state index contributed by atoms with van der Waals surface area (Å²) in [5.74, 6) is -0.439. The van der Waals surface area contributed by atoms with E-state index < -0.39 is 5.82 Å². The third kappa shape index (κ3) is 2.55. The highest BCUT2D eigenvalue weighted by Crippen LogP contribution is 2.28. The molecule has 2 aromatic carbocycles. The van der Waals surface area contributed by atoms with Crippen molar-refractivity contribution in [1.82, 2.24) is 4.98 Å². The van der Waals surface area contributed by atoms with Gasteiger partial charge in [-0.2, -0.15) is 0 Å². The molecule has 3 aromatic rings. The third-order valence-corrected chi connectivity index (χ3v) is 3.38. The predicted molar refractivity (Wildman–Crippen MR) is 87.3 cm³/mol. The highest BCUT2D eigenvalue weighted by atomic mass is 32.1. The Labute approximate surface area is 126 Å². The Morgan fingerprint density at radius 1 is 1.05 bits per heavy atom. The summed E-state index contributed by atoms with van der Waals surface area (Å²) >= 11 is 4.93. The lowest BCUT2D eigenvalue weighted by atomic mass is 10.1. The minimum Gasteiger partial charge on any atom is -0.389 e. The Morgan fingerprint density at radius 3 is 2.62 bits per heavy atom. The molecule has 0 atom stereocenters. The largest absolute Gasteiger partial charge is 0.389 e. The van der Waals surface area contributed by atoms with E-state index in [1.54, 1.807) is 18.3 Å². The lowest BCUT2D eigenvalue weighted by molar-refractivity contribution is 0.626. The molecular weight excluding hydrogens is 285 g/mol. The number of thiocarbonyl (C=S) groups is 1. The van der Waals surface area contributed by atoms with E-state index in [4.69, 9.17) is 18.0 Å². The summed E-state index contributed by atoms with van der Waals surface area (Å²) in [6.07, 6.45) is 1.73. The van der Waals surface area contributed by atoms with Crippen LogP contribution in [0.15, 0.2) is 54.7 Å². The monoisotopic (exact) mass is 297 g/mol. The van der Waals surface area contributed by atoms with Crippen LogP contribution in [-0.4, -0.2) is 9.97 Å². The number of nitrogens with one attached hydrogen (secondary N) is 1. The van der Waals surface area contributed by atoms with E-state index in [-0.39, 0.29) is 10.6 Å². The van der Waals surface area contributed by atoms with E-state index in [0.717, 1.165) is 16.6 Å². The standard InChI is InChI=1S/C16H12FN3S/c17-11-5-1-8-14(15(11)16(18)21)20-13-7-2-6-12-10(13)4-3-9-19-12/h1-9,20H,(H2,18,21). The minimum absolute atomic E-state index is 0.0222. The molecule has 0 amide bonds. The van der Waals surface area contributed by atoms with Crippen LogP contribution in [-0.2, 0) is 0 Å². The van der Waals surface area contributed by atoms with Crippen molar-refractivity contribution >= 4 is 39.5 Å². The topological polar surface area (TPSA) is 50.9 Å². The molecule has 5 heteroatoms. The van der Waals surface area contributed by atoms with Gasteiger partial charge in [-0.05, 0) is 36.4 Å². The molecule has 1 aromatic heterocycles. The Balaban J connectivity index is 2.12. The molecule has 0 aliphatic carbocycles. The molecule has 1 heterocycles. The van der Waals surface area contributed by atoms with E-state index in [9.17, 15) is 4.39 Å². The van der Waals surface area contributed by atoms with Crippen LogP contribution in [0, 0.1) is 5.82 Å². The molecule has 0 aliphatic rings. The molecule has 21 heavy (non-hydrogen) atoms. The summed E-state index contributed by atoms with van der Waals surface area (Å²) in [5.41, 5.74) is 8.06. The van der Waals surface area contributed by atoms with E-state index in [2.05, 4.69) is 10.3 Å². The zero-order valence-electron chi connectivity index (χ0n) is 11.0. The maximum absolute atomic E-state index is 13.9. The van der Waals surface area contributed by atoms with Crippen LogP contribution < -0.4 is 11.1 Å². The molecule has 3 nitrogen and oxygen atoms in total. The second-order valence-electron chi connectivity index (χ2n) is 4.53. The fourth-order valence-electron chi connectivity index (χ4n) is 2.24. The van der Waals surface area contributed by atoms with Crippen molar-refractivity contribution in [3.8, 4) is 0 Å². The summed E-state index contributed by atoms with van der Waals surface area (Å²) in [7, 11) is 0. The van der Waals surface area contributed by atoms with Crippen LogP contribution in [0.25, 0.3) is 10.9 Å². The van der Waals surface area contributed by atoms with Gasteiger partial charge < -0.3 is 11.1 Å². The zero-order valence-corrected chi connectivity index (χ0v) is 11.8. The molecule has 0 saturated heterocycles. The number of anilines is 2. The Hall–Kier alpha value is -2.53. The number of hydrogen-bond donors (Lipinski definition) is 2. The highest BCUT2D eigenvalue weighted by molar-refractivity contribution is 7.80. The lowest BCUT2D eigenvalue weighted by Gasteiger charge is -2.13. The van der Waals surface area contributed by atoms with Crippen LogP contribution in [0.1, 0.15) is 5.56 Å². The van der Waals surface area contributed by atoms with Gasteiger partial charge in [0.1, 0.15) is 10.8 Å². The van der Waals surface area contributed by atoms with Crippen molar-refractivity contribution < 1.29 is 4.39 Å². The van der Waals surface area contributed by atoms with Crippen LogP contribution in [0.5, 0.6) is 0 Å². The van der Waals surface area contributed by atoms with Gasteiger partial charge in [-0.15, -0.1) is 0 Å². The number of nitrogens with two attached hydrogens (primary N) is 1. The number of halogens is 1. The maximum atomic E-state index is 13.9. The summed E-state index contributed by atoms with van der Waals surface area (Å²) in [4.78, 5) is 4.32. The number of aromatic nitrogens is 1. The van der Waals surface area contributed by atoms with E-state index in [1.165, 1.54) is 6.07 Å². The van der Waals surface area contributed by atoms with Crippen LogP contribution in [0.4, 0.5) is 15.8 Å². The van der Waals surface area contributed by atoms with E-state index >= 15 is 0 Å². The van der Waals surface area contributed by atoms with Crippen molar-refractivity contribution in [2.45, 2.75) is 0 Å². The molecule has 0 fully saturated rings. The molecular formula is C16H12FN3S. The number of benzene rings is 2. The molecule has 0 saturated carbocycles. The zero-order chi connectivity index (χ0) is 14.8. The van der Waals surface area contributed by atoms with E-state index in [1.807, 2.05) is 30.3 Å². The summed E-state index contributed by atoms with van der Waals surface area (Å²) in [5, 5.41) is 4.13. The van der Waals surface area contributed by atoms with Gasteiger partial charge in [0.15, 0.2) is 0 Å². The molecule has 0 unspecified atom stereocenters. The second-order valence-corrected chi connectivity index (χ2v) is 4.97. The number of pyridine rings is 1. The Morgan fingerprint density at radius 2 is 1.81 bits per heavy atom. The molecule has 0 radical (unpaired) electrons. The molecule has 3 rings (SSSR count). The predicted octanol–water partition coefficient (Wildman–Crippen LogP) is 3.75. The van der Waals surface area contributed by atoms with Gasteiger partial charge in [0, 0.05) is 17.3 Å². The molecule has 3 N–H and O–H groups in total. The Bertz CT molecular complexity index is 827. The van der Waals surface area contributed by atoms with E-state index in [0.29, 0.717) is 5.69 Å². The molecule has 104 valence electrons. The number of hydrogen-bond acceptors (Lipinski definition) is 3. The summed E-state index contributed by atoms with van der Waals surface area (Å²) in [6.45, 7) is 0. The third-order valence-electron chi connectivity index (χ3n) is 3.18. The first-order chi connectivity index (χ1) is 10.2. The molecule has 0 aliphatic heterocycles. The van der Waals surface area contributed by atoms with Gasteiger partial charge in [0.2, 0.25) is 0 Å². The van der Waals surface area contributed by atoms with Gasteiger partial charge >= 0.3 is 0 Å². The fraction of sp³-hybridized carbons (Fsp3) is 0. The second kappa shape index (κ2) is 5.46. The van der Waals surface area contributed by atoms with Gasteiger partial charge in [-0.25, -0.2) is 4.39 Å². The average molecular weight is 297 g/mol. The van der Waals surface area contributed by atoms with Crippen molar-refractivity contribution in [3.05, 3.63) is 66.1 Å². The first-order valence-electron chi connectivity index (χ1n) is 6.36. The van der Waals surface area contributed by atoms with Crippen LogP contribution in [0.2, 0.25) is 0 Å². The number of fused-ring (bicyclic) bond motifs is 1. The van der Waals surface area contributed by atoms with Gasteiger partial charge in [-0.1, -0.05) is 24.4 Å². The minimum atomic E-state index is -0.439. The lowest BCUT2D eigenvalue weighted by Crippen LogP contribution is -2.14. The quantitative estimate of drug-likeness (QED) is 0.723. The first kappa shape index (κ1) is 13.5. The Kier molecular flexibility index (Phi) is 3.50. The number of rotatable bonds is 3. The van der Waals surface area contributed by atoms with Crippen LogP contribution in [0.3, 0.4) is 0 Å². The van der Waals surface area contributed by atoms with Gasteiger partial charge in [-0.3, -0.25) is 4.98 Å². The average Bonchev–Trinajstić information content (AvgIpc) is 2.47. The summed E-state index contributed by atoms with van der Waals surface area (Å²) < 4.78 is 13.9. The van der Waals surface area contributed by atoms with Crippen molar-refractivity contribution in [1.29, 1.82) is 0 Å². The maximum Gasteiger partial charge on any atom is 0.135 e. The summed E-state index contributed by atoms with van der Waals surface area (Å²) in [6, 6.07) is 14.2. The van der Waals surface area contributed by atoms with Crippen LogP contribution >= 0.6 is 12.2 Å². The van der Waals surface area contributed by atoms with Crippen molar-refractivity contribution in [2.75, 3.05) is 5.32 Å². The van der Waals surface area contributed by atoms with Gasteiger partial charge in [0.05, 0.1) is 16.8 Å².